The summed E-state index contributed by atoms with van der Waals surface area (Å²) in [6, 6.07) is 23.4. The van der Waals surface area contributed by atoms with Gasteiger partial charge in [-0.2, -0.15) is 5.26 Å². The molecule has 2 aromatic heterocycles. The van der Waals surface area contributed by atoms with Crippen molar-refractivity contribution in [2.45, 2.75) is 25.4 Å². The van der Waals surface area contributed by atoms with Crippen LogP contribution in [0.4, 0.5) is 0 Å². The molecule has 1 unspecified atom stereocenters. The van der Waals surface area contributed by atoms with E-state index in [0.29, 0.717) is 5.56 Å². The minimum absolute atomic E-state index is 0.230. The molecule has 0 bridgehead atoms. The average Bonchev–Trinajstić information content (AvgIpc) is 3.48. The Morgan fingerprint density at radius 3 is 2.70 bits per heavy atom. The van der Waals surface area contributed by atoms with Crippen molar-refractivity contribution in [3.05, 3.63) is 100 Å². The number of nitrogens with zero attached hydrogens (tertiary/aromatic N) is 3. The number of aromatic nitrogens is 2. The molecule has 0 spiro atoms. The van der Waals surface area contributed by atoms with Gasteiger partial charge in [-0.15, -0.1) is 11.3 Å². The number of nitriles is 1. The molecule has 4 aromatic rings. The van der Waals surface area contributed by atoms with Crippen LogP contribution in [0.2, 0.25) is 0 Å². The second kappa shape index (κ2) is 8.27. The molecule has 0 saturated carbocycles. The molecule has 0 radical (unpaired) electrons. The molecule has 1 aliphatic rings. The van der Waals surface area contributed by atoms with Gasteiger partial charge in [-0.3, -0.25) is 4.90 Å². The smallest absolute Gasteiger partial charge is 0.0991 e. The van der Waals surface area contributed by atoms with E-state index in [0.717, 1.165) is 31.6 Å². The normalized spacial score (nSPS) is 14.8. The first-order valence-corrected chi connectivity index (χ1v) is 11.0. The topological polar surface area (TPSA) is 55.7 Å². The predicted molar refractivity (Wildman–Crippen MR) is 120 cm³/mol. The highest BCUT2D eigenvalue weighted by molar-refractivity contribution is 7.15. The number of aromatic amines is 1. The fourth-order valence-corrected chi connectivity index (χ4v) is 5.36. The average molecular weight is 411 g/mol. The number of H-pyrrole nitrogens is 1. The Hall–Kier alpha value is -3.20. The van der Waals surface area contributed by atoms with E-state index in [1.807, 2.05) is 29.7 Å². The number of imidazole rings is 1. The van der Waals surface area contributed by atoms with Crippen LogP contribution in [0.1, 0.15) is 33.3 Å². The minimum Gasteiger partial charge on any atom is -0.347 e. The molecule has 0 amide bonds. The minimum atomic E-state index is 0.230. The Kier molecular flexibility index (Phi) is 5.18. The fourth-order valence-electron chi connectivity index (χ4n) is 4.19. The molecule has 1 atom stereocenters. The zero-order valence-corrected chi connectivity index (χ0v) is 17.4. The summed E-state index contributed by atoms with van der Waals surface area (Å²) in [6.45, 7) is 1.97. The molecule has 30 heavy (non-hydrogen) atoms. The van der Waals surface area contributed by atoms with Crippen LogP contribution >= 0.6 is 11.3 Å². The highest BCUT2D eigenvalue weighted by atomic mass is 32.1. The number of thiophene rings is 1. The van der Waals surface area contributed by atoms with Crippen LogP contribution in [-0.2, 0) is 19.4 Å². The van der Waals surface area contributed by atoms with Gasteiger partial charge in [0, 0.05) is 29.0 Å². The highest BCUT2D eigenvalue weighted by Crippen LogP contribution is 2.37. The zero-order valence-electron chi connectivity index (χ0n) is 16.6. The van der Waals surface area contributed by atoms with Crippen molar-refractivity contribution in [3.8, 4) is 16.5 Å². The monoisotopic (exact) mass is 410 g/mol. The molecule has 0 aliphatic carbocycles. The number of fused-ring (bicyclic) bond motifs is 1. The zero-order chi connectivity index (χ0) is 20.3. The Labute approximate surface area is 180 Å². The summed E-state index contributed by atoms with van der Waals surface area (Å²) in [7, 11) is 0. The van der Waals surface area contributed by atoms with E-state index in [1.165, 1.54) is 26.4 Å². The first kappa shape index (κ1) is 18.8. The SMILES string of the molecule is N#Cc1ccc(CC(c2cnc[nH]2)N2CCc3sc(-c4ccccc4)cc3C2)cc1. The number of hydrogen-bond acceptors (Lipinski definition) is 4. The van der Waals surface area contributed by atoms with Crippen molar-refractivity contribution in [2.24, 2.45) is 0 Å². The molecular formula is C25H22N4S. The molecule has 148 valence electrons. The van der Waals surface area contributed by atoms with Gasteiger partial charge in [-0.05, 0) is 47.7 Å². The predicted octanol–water partition coefficient (Wildman–Crippen LogP) is 5.35. The Morgan fingerprint density at radius 1 is 1.13 bits per heavy atom. The lowest BCUT2D eigenvalue weighted by molar-refractivity contribution is 0.176. The van der Waals surface area contributed by atoms with E-state index in [-0.39, 0.29) is 6.04 Å². The van der Waals surface area contributed by atoms with Crippen LogP contribution in [0.5, 0.6) is 0 Å². The summed E-state index contributed by atoms with van der Waals surface area (Å²) < 4.78 is 0. The fraction of sp³-hybridized carbons (Fsp3) is 0.200. The Bertz CT molecular complexity index is 1150. The van der Waals surface area contributed by atoms with Gasteiger partial charge in [0.1, 0.15) is 0 Å². The van der Waals surface area contributed by atoms with Crippen molar-refractivity contribution < 1.29 is 0 Å². The molecule has 1 aliphatic heterocycles. The molecule has 0 saturated heterocycles. The van der Waals surface area contributed by atoms with Crippen molar-refractivity contribution in [1.29, 1.82) is 5.26 Å². The summed E-state index contributed by atoms with van der Waals surface area (Å²) in [4.78, 5) is 13.0. The molecule has 0 fully saturated rings. The largest absolute Gasteiger partial charge is 0.347 e. The van der Waals surface area contributed by atoms with Crippen LogP contribution in [0.25, 0.3) is 10.4 Å². The first-order chi connectivity index (χ1) is 14.8. The Balaban J connectivity index is 1.40. The van der Waals surface area contributed by atoms with Gasteiger partial charge in [-0.25, -0.2) is 4.98 Å². The summed E-state index contributed by atoms with van der Waals surface area (Å²) in [5, 5.41) is 9.07. The summed E-state index contributed by atoms with van der Waals surface area (Å²) in [5.74, 6) is 0. The maximum atomic E-state index is 9.07. The van der Waals surface area contributed by atoms with E-state index < -0.39 is 0 Å². The highest BCUT2D eigenvalue weighted by Gasteiger charge is 2.27. The van der Waals surface area contributed by atoms with Gasteiger partial charge >= 0.3 is 0 Å². The van der Waals surface area contributed by atoms with Crippen LogP contribution < -0.4 is 0 Å². The van der Waals surface area contributed by atoms with Crippen LogP contribution in [0.3, 0.4) is 0 Å². The van der Waals surface area contributed by atoms with Gasteiger partial charge in [0.2, 0.25) is 0 Å². The number of rotatable bonds is 5. The second-order valence-corrected chi connectivity index (χ2v) is 8.82. The molecular weight excluding hydrogens is 388 g/mol. The third kappa shape index (κ3) is 3.80. The van der Waals surface area contributed by atoms with E-state index in [2.05, 4.69) is 69.5 Å². The number of hydrogen-bond donors (Lipinski definition) is 1. The van der Waals surface area contributed by atoms with Gasteiger partial charge in [0.05, 0.1) is 29.7 Å². The summed E-state index contributed by atoms with van der Waals surface area (Å²) in [5.41, 5.74) is 5.81. The third-order valence-corrected chi connectivity index (χ3v) is 7.07. The Morgan fingerprint density at radius 2 is 1.97 bits per heavy atom. The molecule has 1 N–H and O–H groups in total. The lowest BCUT2D eigenvalue weighted by atomic mass is 9.98. The van der Waals surface area contributed by atoms with Crippen LogP contribution in [0.15, 0.2) is 73.2 Å². The van der Waals surface area contributed by atoms with Crippen molar-refractivity contribution in [1.82, 2.24) is 14.9 Å². The van der Waals surface area contributed by atoms with Gasteiger partial charge in [-0.1, -0.05) is 42.5 Å². The van der Waals surface area contributed by atoms with Gasteiger partial charge < -0.3 is 4.98 Å². The third-order valence-electron chi connectivity index (χ3n) is 5.79. The summed E-state index contributed by atoms with van der Waals surface area (Å²) >= 11 is 1.93. The molecule has 2 aromatic carbocycles. The van der Waals surface area contributed by atoms with Gasteiger partial charge in [0.15, 0.2) is 0 Å². The van der Waals surface area contributed by atoms with Crippen molar-refractivity contribution in [3.63, 3.8) is 0 Å². The van der Waals surface area contributed by atoms with E-state index >= 15 is 0 Å². The molecule has 5 heteroatoms. The molecule has 4 nitrogen and oxygen atoms in total. The first-order valence-electron chi connectivity index (χ1n) is 10.2. The lowest BCUT2D eigenvalue weighted by Crippen LogP contribution is -2.34. The van der Waals surface area contributed by atoms with E-state index in [1.54, 1.807) is 6.33 Å². The standard InChI is InChI=1S/C25H22N4S/c26-14-19-8-6-18(7-9-19)12-23(22-15-27-17-28-22)29-11-10-24-21(16-29)13-25(30-24)20-4-2-1-3-5-20/h1-9,13,15,17,23H,10-12,16H2,(H,27,28). The van der Waals surface area contributed by atoms with Crippen molar-refractivity contribution in [2.75, 3.05) is 6.54 Å². The number of nitrogens with one attached hydrogen (secondary N) is 1. The quantitative estimate of drug-likeness (QED) is 0.482. The second-order valence-electron chi connectivity index (χ2n) is 7.68. The van der Waals surface area contributed by atoms with Crippen molar-refractivity contribution >= 4 is 11.3 Å². The van der Waals surface area contributed by atoms with Gasteiger partial charge in [0.25, 0.3) is 0 Å². The number of benzene rings is 2. The lowest BCUT2D eigenvalue weighted by Gasteiger charge is -2.34. The van der Waals surface area contributed by atoms with E-state index in [4.69, 9.17) is 5.26 Å². The summed E-state index contributed by atoms with van der Waals surface area (Å²) in [6.07, 6.45) is 5.66. The maximum Gasteiger partial charge on any atom is 0.0991 e. The molecule has 5 rings (SSSR count). The van der Waals surface area contributed by atoms with Crippen LogP contribution in [0, 0.1) is 11.3 Å². The van der Waals surface area contributed by atoms with E-state index in [9.17, 15) is 0 Å². The molecule has 3 heterocycles. The van der Waals surface area contributed by atoms with Crippen LogP contribution in [-0.4, -0.2) is 21.4 Å². The maximum absolute atomic E-state index is 9.07.